The molecule has 0 spiro atoms. The van der Waals surface area contributed by atoms with Gasteiger partial charge in [0, 0.05) is 0 Å². The summed E-state index contributed by atoms with van der Waals surface area (Å²) >= 11 is 0. The van der Waals surface area contributed by atoms with Crippen molar-refractivity contribution in [3.05, 3.63) is 29.6 Å². The third-order valence-corrected chi connectivity index (χ3v) is 1.77. The van der Waals surface area contributed by atoms with Crippen LogP contribution in [0.4, 0.5) is 18.9 Å². The van der Waals surface area contributed by atoms with Crippen LogP contribution in [0.1, 0.15) is 0 Å². The fraction of sp³-hybridized carbons (Fsp3) is 0.200. The Morgan fingerprint density at radius 2 is 1.83 bits per heavy atom. The Morgan fingerprint density at radius 3 is 2.44 bits per heavy atom. The normalized spacial score (nSPS) is 10.2. The van der Waals surface area contributed by atoms with Crippen LogP contribution in [0.15, 0.2) is 12.1 Å². The van der Waals surface area contributed by atoms with Gasteiger partial charge in [-0.25, -0.2) is 18.0 Å². The molecule has 0 atom stereocenters. The number of ether oxygens (including phenoxy) is 1. The first-order valence-electron chi connectivity index (χ1n) is 4.64. The number of benzene rings is 1. The van der Waals surface area contributed by atoms with Gasteiger partial charge in [0.15, 0.2) is 17.5 Å². The fourth-order valence-corrected chi connectivity index (χ4v) is 1.04. The third-order valence-electron chi connectivity index (χ3n) is 1.77. The maximum absolute atomic E-state index is 13.1. The van der Waals surface area contributed by atoms with E-state index in [9.17, 15) is 22.8 Å². The highest BCUT2D eigenvalue weighted by molar-refractivity contribution is 5.91. The molecule has 1 rings (SSSR count). The Labute approximate surface area is 99.2 Å². The first kappa shape index (κ1) is 14.0. The number of carboxylic acids is 1. The van der Waals surface area contributed by atoms with Crippen molar-refractivity contribution < 1.29 is 32.6 Å². The SMILES string of the molecule is O=C(O)COCC(=O)Nc1ccc(F)c(F)c1F. The van der Waals surface area contributed by atoms with Crippen molar-refractivity contribution in [2.24, 2.45) is 0 Å². The second-order valence-electron chi connectivity index (χ2n) is 3.16. The second kappa shape index (κ2) is 6.01. The van der Waals surface area contributed by atoms with Crippen molar-refractivity contribution in [1.82, 2.24) is 0 Å². The van der Waals surface area contributed by atoms with Gasteiger partial charge in [0.1, 0.15) is 13.2 Å². The van der Waals surface area contributed by atoms with Crippen molar-refractivity contribution in [2.45, 2.75) is 0 Å². The molecule has 0 aliphatic heterocycles. The van der Waals surface area contributed by atoms with Gasteiger partial charge < -0.3 is 15.2 Å². The van der Waals surface area contributed by atoms with E-state index in [0.717, 1.165) is 6.07 Å². The van der Waals surface area contributed by atoms with Crippen LogP contribution >= 0.6 is 0 Å². The topological polar surface area (TPSA) is 75.6 Å². The van der Waals surface area contributed by atoms with Gasteiger partial charge >= 0.3 is 5.97 Å². The molecule has 0 fully saturated rings. The maximum atomic E-state index is 13.1. The number of halogens is 3. The van der Waals surface area contributed by atoms with E-state index in [0.29, 0.717) is 6.07 Å². The predicted molar refractivity (Wildman–Crippen MR) is 53.4 cm³/mol. The summed E-state index contributed by atoms with van der Waals surface area (Å²) in [6, 6.07) is 1.48. The lowest BCUT2D eigenvalue weighted by atomic mass is 10.3. The van der Waals surface area contributed by atoms with E-state index in [4.69, 9.17) is 5.11 Å². The van der Waals surface area contributed by atoms with Gasteiger partial charge in [-0.3, -0.25) is 4.79 Å². The van der Waals surface area contributed by atoms with E-state index >= 15 is 0 Å². The van der Waals surface area contributed by atoms with E-state index in [1.165, 1.54) is 0 Å². The minimum Gasteiger partial charge on any atom is -0.480 e. The minimum absolute atomic E-state index is 0.558. The minimum atomic E-state index is -1.71. The molecule has 0 aliphatic carbocycles. The molecule has 0 aromatic heterocycles. The molecule has 1 amide bonds. The van der Waals surface area contributed by atoms with E-state index in [1.807, 2.05) is 5.32 Å². The lowest BCUT2D eigenvalue weighted by Gasteiger charge is -2.07. The van der Waals surface area contributed by atoms with Crippen LogP contribution in [-0.2, 0) is 14.3 Å². The number of hydrogen-bond donors (Lipinski definition) is 2. The Balaban J connectivity index is 2.60. The average Bonchev–Trinajstić information content (AvgIpc) is 2.29. The summed E-state index contributed by atoms with van der Waals surface area (Å²) in [5.41, 5.74) is -0.558. The zero-order valence-electron chi connectivity index (χ0n) is 8.87. The molecule has 1 aromatic carbocycles. The molecule has 0 saturated heterocycles. The Morgan fingerprint density at radius 1 is 1.17 bits per heavy atom. The summed E-state index contributed by atoms with van der Waals surface area (Å²) in [5.74, 6) is -6.79. The molecule has 0 aliphatic rings. The van der Waals surface area contributed by atoms with Crippen molar-refractivity contribution in [3.8, 4) is 0 Å². The van der Waals surface area contributed by atoms with Crippen LogP contribution in [-0.4, -0.2) is 30.2 Å². The van der Waals surface area contributed by atoms with Gasteiger partial charge in [0.25, 0.3) is 0 Å². The summed E-state index contributed by atoms with van der Waals surface area (Å²) in [6.07, 6.45) is 0. The van der Waals surface area contributed by atoms with E-state index in [-0.39, 0.29) is 0 Å². The molecule has 0 bridgehead atoms. The summed E-state index contributed by atoms with van der Waals surface area (Å²) in [6.45, 7) is -1.35. The van der Waals surface area contributed by atoms with Gasteiger partial charge in [0.2, 0.25) is 5.91 Å². The third kappa shape index (κ3) is 3.74. The predicted octanol–water partition coefficient (Wildman–Crippen LogP) is 1.14. The molecule has 0 heterocycles. The van der Waals surface area contributed by atoms with Gasteiger partial charge in [-0.05, 0) is 12.1 Å². The summed E-state index contributed by atoms with van der Waals surface area (Å²) in [5, 5.41) is 10.1. The zero-order chi connectivity index (χ0) is 13.7. The van der Waals surface area contributed by atoms with Crippen molar-refractivity contribution in [3.63, 3.8) is 0 Å². The number of carbonyl (C=O) groups excluding carboxylic acids is 1. The number of carbonyl (C=O) groups is 2. The van der Waals surface area contributed by atoms with Gasteiger partial charge in [0.05, 0.1) is 5.69 Å². The van der Waals surface area contributed by atoms with Crippen molar-refractivity contribution in [1.29, 1.82) is 0 Å². The van der Waals surface area contributed by atoms with Crippen molar-refractivity contribution in [2.75, 3.05) is 18.5 Å². The Hall–Kier alpha value is -2.09. The molecular weight excluding hydrogens is 255 g/mol. The number of amides is 1. The summed E-state index contributed by atoms with van der Waals surface area (Å²) in [7, 11) is 0. The number of aliphatic carboxylic acids is 1. The van der Waals surface area contributed by atoms with Crippen molar-refractivity contribution >= 4 is 17.6 Å². The fourth-order valence-electron chi connectivity index (χ4n) is 1.04. The molecule has 0 radical (unpaired) electrons. The lowest BCUT2D eigenvalue weighted by molar-refractivity contribution is -0.143. The van der Waals surface area contributed by atoms with Crippen LogP contribution < -0.4 is 5.32 Å². The van der Waals surface area contributed by atoms with Crippen LogP contribution in [0, 0.1) is 17.5 Å². The van der Waals surface area contributed by atoms with Gasteiger partial charge in [-0.15, -0.1) is 0 Å². The smallest absolute Gasteiger partial charge is 0.329 e. The van der Waals surface area contributed by atoms with Crippen LogP contribution in [0.2, 0.25) is 0 Å². The summed E-state index contributed by atoms with van der Waals surface area (Å²) in [4.78, 5) is 21.2. The molecule has 0 saturated carbocycles. The molecule has 1 aromatic rings. The number of anilines is 1. The van der Waals surface area contributed by atoms with Crippen LogP contribution in [0.25, 0.3) is 0 Å². The maximum Gasteiger partial charge on any atom is 0.329 e. The van der Waals surface area contributed by atoms with E-state index in [2.05, 4.69) is 4.74 Å². The van der Waals surface area contributed by atoms with Gasteiger partial charge in [-0.2, -0.15) is 0 Å². The largest absolute Gasteiger partial charge is 0.480 e. The van der Waals surface area contributed by atoms with Crippen LogP contribution in [0.5, 0.6) is 0 Å². The second-order valence-corrected chi connectivity index (χ2v) is 3.16. The number of nitrogens with one attached hydrogen (secondary N) is 1. The molecular formula is C10H8F3NO4. The number of carboxylic acid groups (broad SMARTS) is 1. The van der Waals surface area contributed by atoms with Gasteiger partial charge in [-0.1, -0.05) is 0 Å². The monoisotopic (exact) mass is 263 g/mol. The number of hydrogen-bond acceptors (Lipinski definition) is 3. The Kier molecular flexibility index (Phi) is 4.67. The standard InChI is InChI=1S/C10H8F3NO4/c11-5-1-2-6(10(13)9(5)12)14-7(15)3-18-4-8(16)17/h1-2H,3-4H2,(H,14,15)(H,16,17). The zero-order valence-corrected chi connectivity index (χ0v) is 8.87. The first-order chi connectivity index (χ1) is 8.41. The molecule has 18 heavy (non-hydrogen) atoms. The molecule has 5 nitrogen and oxygen atoms in total. The highest BCUT2D eigenvalue weighted by atomic mass is 19.2. The highest BCUT2D eigenvalue weighted by Gasteiger charge is 2.15. The van der Waals surface area contributed by atoms with Crippen LogP contribution in [0.3, 0.4) is 0 Å². The average molecular weight is 263 g/mol. The molecule has 0 unspecified atom stereocenters. The Bertz CT molecular complexity index is 478. The molecule has 2 N–H and O–H groups in total. The van der Waals surface area contributed by atoms with E-state index < -0.39 is 48.2 Å². The van der Waals surface area contributed by atoms with E-state index in [1.54, 1.807) is 0 Å². The first-order valence-corrected chi connectivity index (χ1v) is 4.64. The molecule has 8 heteroatoms. The lowest BCUT2D eigenvalue weighted by Crippen LogP contribution is -2.21. The molecule has 98 valence electrons. The summed E-state index contributed by atoms with van der Waals surface area (Å²) < 4.78 is 42.9. The quantitative estimate of drug-likeness (QED) is 0.781. The number of rotatable bonds is 5. The highest BCUT2D eigenvalue weighted by Crippen LogP contribution is 2.19.